The van der Waals surface area contributed by atoms with Crippen LogP contribution < -0.4 is 10.6 Å². The predicted molar refractivity (Wildman–Crippen MR) is 100 cm³/mol. The molecule has 2 aromatic rings. The molecule has 0 aliphatic carbocycles. The van der Waals surface area contributed by atoms with Gasteiger partial charge in [-0.3, -0.25) is 4.79 Å². The standard InChI is InChI=1S/C18H22FN3O3S/c1-12-5-7-14(19)9-16(12)20-11-18(23)21-15-8-6-13(2)17(10-15)26(24,25)22(3)4/h5-10,20H,11H2,1-4H3,(H,21,23). The van der Waals surface area contributed by atoms with Crippen molar-refractivity contribution < 1.29 is 17.6 Å². The van der Waals surface area contributed by atoms with Crippen LogP contribution in [-0.4, -0.2) is 39.3 Å². The summed E-state index contributed by atoms with van der Waals surface area (Å²) in [7, 11) is -0.707. The zero-order valence-electron chi connectivity index (χ0n) is 15.1. The van der Waals surface area contributed by atoms with Crippen LogP contribution in [0.15, 0.2) is 41.3 Å². The van der Waals surface area contributed by atoms with E-state index >= 15 is 0 Å². The molecule has 0 heterocycles. The molecule has 2 rings (SSSR count). The number of halogens is 1. The molecule has 0 aromatic heterocycles. The Kier molecular flexibility index (Phi) is 5.99. The SMILES string of the molecule is Cc1ccc(F)cc1NCC(=O)Nc1ccc(C)c(S(=O)(=O)N(C)C)c1. The largest absolute Gasteiger partial charge is 0.376 e. The summed E-state index contributed by atoms with van der Waals surface area (Å²) in [6, 6.07) is 8.98. The van der Waals surface area contributed by atoms with Crippen LogP contribution in [0.4, 0.5) is 15.8 Å². The van der Waals surface area contributed by atoms with Crippen molar-refractivity contribution in [1.82, 2.24) is 4.31 Å². The van der Waals surface area contributed by atoms with Crippen LogP contribution >= 0.6 is 0 Å². The van der Waals surface area contributed by atoms with E-state index in [1.807, 2.05) is 0 Å². The van der Waals surface area contributed by atoms with Crippen molar-refractivity contribution in [3.63, 3.8) is 0 Å². The second-order valence-corrected chi connectivity index (χ2v) is 8.25. The molecular weight excluding hydrogens is 357 g/mol. The highest BCUT2D eigenvalue weighted by atomic mass is 32.2. The Morgan fingerprint density at radius 3 is 2.38 bits per heavy atom. The Morgan fingerprint density at radius 1 is 1.08 bits per heavy atom. The van der Waals surface area contributed by atoms with E-state index in [2.05, 4.69) is 10.6 Å². The maximum atomic E-state index is 13.3. The Bertz CT molecular complexity index is 927. The van der Waals surface area contributed by atoms with Gasteiger partial charge in [-0.2, -0.15) is 0 Å². The molecule has 1 amide bonds. The Hall–Kier alpha value is -2.45. The number of carbonyl (C=O) groups excluding carboxylic acids is 1. The van der Waals surface area contributed by atoms with Crippen LogP contribution in [-0.2, 0) is 14.8 Å². The minimum atomic E-state index is -3.61. The smallest absolute Gasteiger partial charge is 0.243 e. The van der Waals surface area contributed by atoms with Crippen molar-refractivity contribution in [2.24, 2.45) is 0 Å². The first-order chi connectivity index (χ1) is 12.1. The number of rotatable bonds is 6. The number of aryl methyl sites for hydroxylation is 2. The van der Waals surface area contributed by atoms with E-state index in [1.165, 1.54) is 32.3 Å². The minimum absolute atomic E-state index is 0.0755. The number of nitrogens with zero attached hydrogens (tertiary/aromatic N) is 1. The zero-order chi connectivity index (χ0) is 19.5. The van der Waals surface area contributed by atoms with Gasteiger partial charge in [0.05, 0.1) is 11.4 Å². The van der Waals surface area contributed by atoms with Crippen LogP contribution in [0.25, 0.3) is 0 Å². The fraction of sp³-hybridized carbons (Fsp3) is 0.278. The van der Waals surface area contributed by atoms with Crippen molar-refractivity contribution in [2.45, 2.75) is 18.7 Å². The Balaban J connectivity index is 2.11. The predicted octanol–water partition coefficient (Wildman–Crippen LogP) is 2.74. The lowest BCUT2D eigenvalue weighted by atomic mass is 10.2. The molecule has 2 aromatic carbocycles. The van der Waals surface area contributed by atoms with Crippen molar-refractivity contribution in [3.8, 4) is 0 Å². The summed E-state index contributed by atoms with van der Waals surface area (Å²) in [5, 5.41) is 5.52. The number of benzene rings is 2. The third-order valence-corrected chi connectivity index (χ3v) is 5.83. The molecule has 0 radical (unpaired) electrons. The van der Waals surface area contributed by atoms with E-state index in [0.29, 0.717) is 16.9 Å². The molecule has 0 saturated carbocycles. The summed E-state index contributed by atoms with van der Waals surface area (Å²) in [6.45, 7) is 3.42. The third kappa shape index (κ3) is 4.59. The monoisotopic (exact) mass is 379 g/mol. The van der Waals surface area contributed by atoms with E-state index in [4.69, 9.17) is 0 Å². The van der Waals surface area contributed by atoms with Gasteiger partial charge in [-0.1, -0.05) is 12.1 Å². The number of amides is 1. The van der Waals surface area contributed by atoms with Gasteiger partial charge in [0.2, 0.25) is 15.9 Å². The summed E-state index contributed by atoms with van der Waals surface area (Å²) in [4.78, 5) is 12.3. The molecule has 0 bridgehead atoms. The first-order valence-electron chi connectivity index (χ1n) is 7.94. The Morgan fingerprint density at radius 2 is 1.73 bits per heavy atom. The lowest BCUT2D eigenvalue weighted by Crippen LogP contribution is -2.24. The van der Waals surface area contributed by atoms with Crippen molar-refractivity contribution >= 4 is 27.3 Å². The van der Waals surface area contributed by atoms with Crippen LogP contribution in [0, 0.1) is 19.7 Å². The average molecular weight is 379 g/mol. The number of carbonyl (C=O) groups is 1. The van der Waals surface area contributed by atoms with Gasteiger partial charge in [0.25, 0.3) is 0 Å². The van der Waals surface area contributed by atoms with Crippen LogP contribution in [0.5, 0.6) is 0 Å². The molecule has 0 atom stereocenters. The number of sulfonamides is 1. The van der Waals surface area contributed by atoms with Crippen molar-refractivity contribution in [3.05, 3.63) is 53.3 Å². The topological polar surface area (TPSA) is 78.5 Å². The molecule has 0 spiro atoms. The number of hydrogen-bond donors (Lipinski definition) is 2. The van der Waals surface area contributed by atoms with E-state index in [0.717, 1.165) is 9.87 Å². The minimum Gasteiger partial charge on any atom is -0.376 e. The molecule has 140 valence electrons. The van der Waals surface area contributed by atoms with Gasteiger partial charge in [-0.05, 0) is 49.2 Å². The van der Waals surface area contributed by atoms with Crippen LogP contribution in [0.3, 0.4) is 0 Å². The second kappa shape index (κ2) is 7.84. The maximum absolute atomic E-state index is 13.3. The number of nitrogens with one attached hydrogen (secondary N) is 2. The molecule has 6 nitrogen and oxygen atoms in total. The summed E-state index contributed by atoms with van der Waals surface area (Å²) >= 11 is 0. The highest BCUT2D eigenvalue weighted by molar-refractivity contribution is 7.89. The lowest BCUT2D eigenvalue weighted by Gasteiger charge is -2.15. The number of hydrogen-bond acceptors (Lipinski definition) is 4. The van der Waals surface area contributed by atoms with Crippen LogP contribution in [0.2, 0.25) is 0 Å². The van der Waals surface area contributed by atoms with E-state index in [1.54, 1.807) is 32.0 Å². The molecule has 2 N–H and O–H groups in total. The highest BCUT2D eigenvalue weighted by Gasteiger charge is 2.20. The molecule has 0 unspecified atom stereocenters. The zero-order valence-corrected chi connectivity index (χ0v) is 15.9. The van der Waals surface area contributed by atoms with E-state index in [-0.39, 0.29) is 17.3 Å². The number of anilines is 2. The van der Waals surface area contributed by atoms with Gasteiger partial charge in [0.1, 0.15) is 5.82 Å². The maximum Gasteiger partial charge on any atom is 0.243 e. The van der Waals surface area contributed by atoms with Crippen molar-refractivity contribution in [1.29, 1.82) is 0 Å². The molecule has 0 aliphatic heterocycles. The summed E-state index contributed by atoms with van der Waals surface area (Å²) < 4.78 is 39.1. The normalized spacial score (nSPS) is 11.5. The Labute approximate surface area is 153 Å². The summed E-state index contributed by atoms with van der Waals surface area (Å²) in [6.07, 6.45) is 0. The van der Waals surface area contributed by atoms with E-state index in [9.17, 15) is 17.6 Å². The summed E-state index contributed by atoms with van der Waals surface area (Å²) in [5.74, 6) is -0.763. The average Bonchev–Trinajstić information content (AvgIpc) is 2.57. The van der Waals surface area contributed by atoms with Crippen molar-refractivity contribution in [2.75, 3.05) is 31.3 Å². The van der Waals surface area contributed by atoms with Crippen LogP contribution in [0.1, 0.15) is 11.1 Å². The molecule has 8 heteroatoms. The fourth-order valence-corrected chi connectivity index (χ4v) is 3.46. The lowest BCUT2D eigenvalue weighted by molar-refractivity contribution is -0.114. The molecular formula is C18H22FN3O3S. The second-order valence-electron chi connectivity index (χ2n) is 6.13. The van der Waals surface area contributed by atoms with E-state index < -0.39 is 15.8 Å². The van der Waals surface area contributed by atoms with Gasteiger partial charge >= 0.3 is 0 Å². The fourth-order valence-electron chi connectivity index (χ4n) is 2.32. The quantitative estimate of drug-likeness (QED) is 0.809. The van der Waals surface area contributed by atoms with Gasteiger partial charge in [-0.25, -0.2) is 17.1 Å². The summed E-state index contributed by atoms with van der Waals surface area (Å²) in [5.41, 5.74) is 2.30. The highest BCUT2D eigenvalue weighted by Crippen LogP contribution is 2.22. The molecule has 0 fully saturated rings. The third-order valence-electron chi connectivity index (χ3n) is 3.87. The van der Waals surface area contributed by atoms with Gasteiger partial charge in [-0.15, -0.1) is 0 Å². The van der Waals surface area contributed by atoms with Gasteiger partial charge < -0.3 is 10.6 Å². The molecule has 0 saturated heterocycles. The molecule has 26 heavy (non-hydrogen) atoms. The first kappa shape index (κ1) is 19.9. The first-order valence-corrected chi connectivity index (χ1v) is 9.38. The van der Waals surface area contributed by atoms with Gasteiger partial charge in [0, 0.05) is 25.5 Å². The van der Waals surface area contributed by atoms with Gasteiger partial charge in [0.15, 0.2) is 0 Å². The molecule has 0 aliphatic rings.